The van der Waals surface area contributed by atoms with Crippen LogP contribution in [0.5, 0.6) is 0 Å². The second-order valence-corrected chi connectivity index (χ2v) is 11.0. The first-order chi connectivity index (χ1) is 13.0. The van der Waals surface area contributed by atoms with Crippen LogP contribution >= 0.6 is 0 Å². The number of halogens is 1. The molecule has 3 heteroatoms. The highest BCUT2D eigenvalue weighted by Gasteiger charge is 2.50. The molecule has 0 spiro atoms. The topological polar surface area (TPSA) is 17.1 Å². The maximum absolute atomic E-state index is 13.1. The Morgan fingerprint density at radius 1 is 0.750 bits per heavy atom. The third-order valence-corrected chi connectivity index (χ3v) is 8.18. The predicted octanol–water partition coefficient (Wildman–Crippen LogP) is 3.24. The molecule has 0 unspecified atom stereocenters. The Bertz CT molecular complexity index is 447. The molecular formula is C25H46BrNO. The van der Waals surface area contributed by atoms with E-state index in [-0.39, 0.29) is 17.0 Å². The van der Waals surface area contributed by atoms with Gasteiger partial charge in [0.25, 0.3) is 0 Å². The van der Waals surface area contributed by atoms with Crippen molar-refractivity contribution in [1.29, 1.82) is 0 Å². The Balaban J connectivity index is 0.00000280. The third-order valence-electron chi connectivity index (χ3n) is 8.18. The summed E-state index contributed by atoms with van der Waals surface area (Å²) in [6.07, 6.45) is 18.9. The number of carbonyl (C=O) groups excluding carboxylic acids is 1. The number of nitrogens with zero attached hydrogens (tertiary/aromatic N) is 1. The highest BCUT2D eigenvalue weighted by atomic mass is 79.9. The van der Waals surface area contributed by atoms with Gasteiger partial charge in [-0.2, -0.15) is 0 Å². The zero-order chi connectivity index (χ0) is 19.3. The van der Waals surface area contributed by atoms with Crippen LogP contribution in [-0.2, 0) is 4.79 Å². The molecule has 4 bridgehead atoms. The first kappa shape index (κ1) is 24.4. The molecule has 164 valence electrons. The van der Waals surface area contributed by atoms with Gasteiger partial charge >= 0.3 is 0 Å². The number of carbonyl (C=O) groups is 1. The first-order valence-corrected chi connectivity index (χ1v) is 12.3. The van der Waals surface area contributed by atoms with Crippen LogP contribution in [0.2, 0.25) is 0 Å². The Morgan fingerprint density at radius 3 is 1.79 bits per heavy atom. The van der Waals surface area contributed by atoms with Crippen molar-refractivity contribution in [2.24, 2.45) is 29.6 Å². The van der Waals surface area contributed by atoms with Crippen LogP contribution in [0, 0.1) is 29.6 Å². The van der Waals surface area contributed by atoms with Crippen LogP contribution in [-0.4, -0.2) is 37.5 Å². The summed E-state index contributed by atoms with van der Waals surface area (Å²) in [5.74, 6) is 4.55. The maximum Gasteiger partial charge on any atom is 0.142 e. The first-order valence-electron chi connectivity index (χ1n) is 12.3. The van der Waals surface area contributed by atoms with Gasteiger partial charge in [-0.05, 0) is 68.6 Å². The molecule has 0 aromatic rings. The molecule has 0 aromatic heterocycles. The number of hydrogen-bond acceptors (Lipinski definition) is 1. The molecule has 28 heavy (non-hydrogen) atoms. The summed E-state index contributed by atoms with van der Waals surface area (Å²) in [4.78, 5) is 13.1. The van der Waals surface area contributed by atoms with Gasteiger partial charge in [0.05, 0.1) is 33.6 Å². The molecule has 4 aliphatic carbocycles. The van der Waals surface area contributed by atoms with E-state index in [0.717, 1.165) is 41.1 Å². The van der Waals surface area contributed by atoms with E-state index in [9.17, 15) is 4.79 Å². The van der Waals surface area contributed by atoms with Gasteiger partial charge in [0, 0.05) is 5.92 Å². The van der Waals surface area contributed by atoms with E-state index >= 15 is 0 Å². The molecule has 4 rings (SSSR count). The summed E-state index contributed by atoms with van der Waals surface area (Å²) >= 11 is 0. The van der Waals surface area contributed by atoms with Crippen molar-refractivity contribution >= 4 is 5.78 Å². The van der Waals surface area contributed by atoms with E-state index in [1.165, 1.54) is 90.0 Å². The Morgan fingerprint density at radius 2 is 1.25 bits per heavy atom. The fourth-order valence-corrected chi connectivity index (χ4v) is 6.82. The van der Waals surface area contributed by atoms with Crippen LogP contribution in [0.4, 0.5) is 0 Å². The molecule has 0 saturated heterocycles. The fourth-order valence-electron chi connectivity index (χ4n) is 6.82. The highest BCUT2D eigenvalue weighted by molar-refractivity contribution is 5.82. The van der Waals surface area contributed by atoms with Gasteiger partial charge < -0.3 is 21.5 Å². The van der Waals surface area contributed by atoms with Crippen LogP contribution in [0.15, 0.2) is 0 Å². The van der Waals surface area contributed by atoms with Crippen LogP contribution in [0.3, 0.4) is 0 Å². The number of hydrogen-bond donors (Lipinski definition) is 0. The molecule has 0 N–H and O–H groups in total. The molecule has 0 aliphatic heterocycles. The molecule has 0 aromatic carbocycles. The SMILES string of the molecule is CCCCCCCCCC[N+](C)(C)CCC(=O)C1C2CC3CC(C2)CC1C3.[Br-]. The lowest BCUT2D eigenvalue weighted by molar-refractivity contribution is -0.890. The lowest BCUT2D eigenvalue weighted by atomic mass is 9.51. The lowest BCUT2D eigenvalue weighted by Crippen LogP contribution is -3.00. The molecule has 4 aliphatic rings. The van der Waals surface area contributed by atoms with Gasteiger partial charge in [-0.3, -0.25) is 4.79 Å². The van der Waals surface area contributed by atoms with E-state index in [1.807, 2.05) is 0 Å². The van der Waals surface area contributed by atoms with Crippen molar-refractivity contribution in [1.82, 2.24) is 0 Å². The van der Waals surface area contributed by atoms with Crippen molar-refractivity contribution < 1.29 is 26.3 Å². The zero-order valence-electron chi connectivity index (χ0n) is 18.9. The lowest BCUT2D eigenvalue weighted by Gasteiger charge is -2.54. The van der Waals surface area contributed by atoms with Crippen molar-refractivity contribution in [3.63, 3.8) is 0 Å². The zero-order valence-corrected chi connectivity index (χ0v) is 20.5. The standard InChI is InChI=1S/C25H46NO.BrH/c1-4-5-6-7-8-9-10-11-13-26(2,3)14-12-24(27)25-22-16-20-15-21(18-22)19-23(25)17-20;/h20-23,25H,4-19H2,1-3H3;1H/q+1;/p-1. The summed E-state index contributed by atoms with van der Waals surface area (Å²) in [6.45, 7) is 4.58. The average Bonchev–Trinajstić information content (AvgIpc) is 2.61. The number of rotatable bonds is 13. The van der Waals surface area contributed by atoms with Crippen LogP contribution < -0.4 is 17.0 Å². The highest BCUT2D eigenvalue weighted by Crippen LogP contribution is 2.56. The normalized spacial score (nSPS) is 31.0. The largest absolute Gasteiger partial charge is 1.00 e. The third kappa shape index (κ3) is 6.83. The van der Waals surface area contributed by atoms with Gasteiger partial charge in [-0.25, -0.2) is 0 Å². The predicted molar refractivity (Wildman–Crippen MR) is 115 cm³/mol. The van der Waals surface area contributed by atoms with Crippen molar-refractivity contribution in [2.45, 2.75) is 96.8 Å². The average molecular weight is 457 g/mol. The van der Waals surface area contributed by atoms with Gasteiger partial charge in [0.2, 0.25) is 0 Å². The Kier molecular flexibility index (Phi) is 10.0. The molecular weight excluding hydrogens is 410 g/mol. The second kappa shape index (κ2) is 11.5. The fraction of sp³-hybridized carbons (Fsp3) is 0.960. The molecule has 0 atom stereocenters. The van der Waals surface area contributed by atoms with Gasteiger partial charge in [0.15, 0.2) is 0 Å². The molecule has 4 fully saturated rings. The molecule has 2 nitrogen and oxygen atoms in total. The smallest absolute Gasteiger partial charge is 0.142 e. The Labute approximate surface area is 185 Å². The molecule has 0 amide bonds. The minimum atomic E-state index is 0. The minimum absolute atomic E-state index is 0. The van der Waals surface area contributed by atoms with Gasteiger partial charge in [-0.1, -0.05) is 45.4 Å². The molecule has 0 heterocycles. The summed E-state index contributed by atoms with van der Waals surface area (Å²) in [6, 6.07) is 0. The number of ketones is 1. The van der Waals surface area contributed by atoms with Crippen molar-refractivity contribution in [3.05, 3.63) is 0 Å². The van der Waals surface area contributed by atoms with E-state index in [2.05, 4.69) is 21.0 Å². The van der Waals surface area contributed by atoms with E-state index in [1.54, 1.807) is 0 Å². The monoisotopic (exact) mass is 455 g/mol. The second-order valence-electron chi connectivity index (χ2n) is 11.0. The Hall–Kier alpha value is 0.110. The quantitative estimate of drug-likeness (QED) is 0.307. The summed E-state index contributed by atoms with van der Waals surface area (Å²) in [5.41, 5.74) is 0. The minimum Gasteiger partial charge on any atom is -1.00 e. The summed E-state index contributed by atoms with van der Waals surface area (Å²) in [5, 5.41) is 0. The molecule has 0 radical (unpaired) electrons. The van der Waals surface area contributed by atoms with Crippen LogP contribution in [0.25, 0.3) is 0 Å². The number of Topliss-reactive ketones (excluding diaryl/α,β-unsaturated/α-hetero) is 1. The summed E-state index contributed by atoms with van der Waals surface area (Å²) in [7, 11) is 4.68. The van der Waals surface area contributed by atoms with Crippen molar-refractivity contribution in [3.8, 4) is 0 Å². The maximum atomic E-state index is 13.1. The number of quaternary nitrogens is 1. The van der Waals surface area contributed by atoms with Gasteiger partial charge in [-0.15, -0.1) is 0 Å². The van der Waals surface area contributed by atoms with Crippen molar-refractivity contribution in [2.75, 3.05) is 27.2 Å². The number of unbranched alkanes of at least 4 members (excludes halogenated alkanes) is 7. The van der Waals surface area contributed by atoms with Crippen LogP contribution in [0.1, 0.15) is 96.8 Å². The van der Waals surface area contributed by atoms with E-state index < -0.39 is 0 Å². The van der Waals surface area contributed by atoms with E-state index in [0.29, 0.717) is 11.7 Å². The van der Waals surface area contributed by atoms with Gasteiger partial charge in [0.1, 0.15) is 5.78 Å². The molecule has 4 saturated carbocycles. The summed E-state index contributed by atoms with van der Waals surface area (Å²) < 4.78 is 1.04. The van der Waals surface area contributed by atoms with E-state index in [4.69, 9.17) is 0 Å².